The number of nitrogens with zero attached hydrogens (tertiary/aromatic N) is 2. The van der Waals surface area contributed by atoms with Crippen molar-refractivity contribution in [1.82, 2.24) is 9.97 Å². The fourth-order valence-corrected chi connectivity index (χ4v) is 1.35. The molecule has 1 aromatic heterocycles. The highest BCUT2D eigenvalue weighted by atomic mass is 16.5. The number of hydrogen-bond donors (Lipinski definition) is 3. The predicted molar refractivity (Wildman–Crippen MR) is 69.3 cm³/mol. The van der Waals surface area contributed by atoms with Gasteiger partial charge in [0.05, 0.1) is 12.8 Å². The molecule has 1 heterocycles. The Morgan fingerprint density at radius 1 is 1.11 bits per heavy atom. The van der Waals surface area contributed by atoms with Crippen molar-refractivity contribution in [2.24, 2.45) is 10.2 Å². The first-order chi connectivity index (χ1) is 9.10. The number of aromatic nitrogens is 2. The standard InChI is InChI=1S/C11H11N5O3/c1-19-7-4-2-6(3-5-7)15-16-8-9(12)13-11(18)14-10(8)17/h2-5H,1H3,(H4,12,13,14,17,18). The quantitative estimate of drug-likeness (QED) is 0.714. The van der Waals surface area contributed by atoms with E-state index in [1.165, 1.54) is 0 Å². The van der Waals surface area contributed by atoms with E-state index in [2.05, 4.69) is 15.2 Å². The molecule has 98 valence electrons. The number of nitrogens with two attached hydrogens (primary N) is 1. The summed E-state index contributed by atoms with van der Waals surface area (Å²) < 4.78 is 5.00. The molecule has 1 aromatic carbocycles. The van der Waals surface area contributed by atoms with Crippen molar-refractivity contribution in [1.29, 1.82) is 0 Å². The number of aromatic amines is 2. The summed E-state index contributed by atoms with van der Waals surface area (Å²) in [4.78, 5) is 26.6. The summed E-state index contributed by atoms with van der Waals surface area (Å²) in [6, 6.07) is 6.74. The number of nitrogens with one attached hydrogen (secondary N) is 2. The normalized spacial score (nSPS) is 10.8. The first-order valence-corrected chi connectivity index (χ1v) is 5.28. The fraction of sp³-hybridized carbons (Fsp3) is 0.0909. The Morgan fingerprint density at radius 2 is 1.79 bits per heavy atom. The summed E-state index contributed by atoms with van der Waals surface area (Å²) in [5.74, 6) is 0.548. The van der Waals surface area contributed by atoms with E-state index in [0.717, 1.165) is 0 Å². The highest BCUT2D eigenvalue weighted by Crippen LogP contribution is 2.20. The Morgan fingerprint density at radius 3 is 2.37 bits per heavy atom. The Labute approximate surface area is 107 Å². The highest BCUT2D eigenvalue weighted by Gasteiger charge is 2.05. The molecule has 0 aliphatic carbocycles. The second-order valence-electron chi connectivity index (χ2n) is 3.57. The molecule has 0 bridgehead atoms. The van der Waals surface area contributed by atoms with Gasteiger partial charge in [0, 0.05) is 0 Å². The molecule has 0 unspecified atom stereocenters. The number of ether oxygens (including phenoxy) is 1. The van der Waals surface area contributed by atoms with Crippen molar-refractivity contribution in [2.75, 3.05) is 12.8 Å². The van der Waals surface area contributed by atoms with Gasteiger partial charge in [0.1, 0.15) is 11.6 Å². The van der Waals surface area contributed by atoms with Crippen LogP contribution in [0.3, 0.4) is 0 Å². The molecule has 0 aliphatic rings. The van der Waals surface area contributed by atoms with Crippen LogP contribution in [0.2, 0.25) is 0 Å². The second-order valence-corrected chi connectivity index (χ2v) is 3.57. The zero-order valence-corrected chi connectivity index (χ0v) is 10.0. The molecule has 0 radical (unpaired) electrons. The molecule has 19 heavy (non-hydrogen) atoms. The van der Waals surface area contributed by atoms with Crippen molar-refractivity contribution in [3.63, 3.8) is 0 Å². The summed E-state index contributed by atoms with van der Waals surface area (Å²) in [6.07, 6.45) is 0. The molecule has 8 nitrogen and oxygen atoms in total. The lowest BCUT2D eigenvalue weighted by Gasteiger charge is -1.99. The zero-order chi connectivity index (χ0) is 13.8. The average molecular weight is 261 g/mol. The smallest absolute Gasteiger partial charge is 0.327 e. The summed E-state index contributed by atoms with van der Waals surface area (Å²) >= 11 is 0. The Kier molecular flexibility index (Phi) is 3.42. The summed E-state index contributed by atoms with van der Waals surface area (Å²) in [7, 11) is 1.55. The molecule has 0 atom stereocenters. The largest absolute Gasteiger partial charge is 0.497 e. The van der Waals surface area contributed by atoms with E-state index in [0.29, 0.717) is 11.4 Å². The number of hydrogen-bond acceptors (Lipinski definition) is 6. The summed E-state index contributed by atoms with van der Waals surface area (Å²) in [5.41, 5.74) is 4.47. The molecular formula is C11H11N5O3. The van der Waals surface area contributed by atoms with Crippen LogP contribution in [0.1, 0.15) is 0 Å². The van der Waals surface area contributed by atoms with Crippen molar-refractivity contribution in [3.05, 3.63) is 45.1 Å². The maximum absolute atomic E-state index is 11.5. The van der Waals surface area contributed by atoms with Gasteiger partial charge in [-0.3, -0.25) is 14.8 Å². The van der Waals surface area contributed by atoms with Crippen molar-refractivity contribution in [3.8, 4) is 5.75 Å². The number of methoxy groups -OCH3 is 1. The molecule has 2 aromatic rings. The van der Waals surface area contributed by atoms with E-state index in [1.54, 1.807) is 31.4 Å². The first kappa shape index (κ1) is 12.6. The zero-order valence-electron chi connectivity index (χ0n) is 10.0. The van der Waals surface area contributed by atoms with Gasteiger partial charge in [0.15, 0.2) is 5.69 Å². The maximum Gasteiger partial charge on any atom is 0.327 e. The molecule has 0 amide bonds. The number of azo groups is 1. The van der Waals surface area contributed by atoms with Crippen LogP contribution < -0.4 is 21.7 Å². The van der Waals surface area contributed by atoms with E-state index < -0.39 is 11.2 Å². The molecule has 0 saturated carbocycles. The lowest BCUT2D eigenvalue weighted by atomic mass is 10.3. The minimum atomic E-state index is -0.696. The number of H-pyrrole nitrogens is 2. The van der Waals surface area contributed by atoms with E-state index in [9.17, 15) is 9.59 Å². The van der Waals surface area contributed by atoms with Crippen LogP contribution in [0.4, 0.5) is 17.2 Å². The topological polar surface area (TPSA) is 126 Å². The Hall–Kier alpha value is -2.90. The number of anilines is 1. The molecule has 0 aliphatic heterocycles. The molecule has 2 rings (SSSR count). The molecule has 4 N–H and O–H groups in total. The van der Waals surface area contributed by atoms with E-state index in [4.69, 9.17) is 10.5 Å². The van der Waals surface area contributed by atoms with Crippen molar-refractivity contribution < 1.29 is 4.74 Å². The third-order valence-corrected chi connectivity index (χ3v) is 2.28. The molecule has 0 fully saturated rings. The van der Waals surface area contributed by atoms with E-state index in [-0.39, 0.29) is 11.5 Å². The minimum absolute atomic E-state index is 0.133. The van der Waals surface area contributed by atoms with Crippen molar-refractivity contribution >= 4 is 17.2 Å². The summed E-state index contributed by atoms with van der Waals surface area (Å²) in [6.45, 7) is 0. The average Bonchev–Trinajstić information content (AvgIpc) is 2.38. The van der Waals surface area contributed by atoms with Gasteiger partial charge >= 0.3 is 5.69 Å². The van der Waals surface area contributed by atoms with Gasteiger partial charge in [0.25, 0.3) is 5.56 Å². The third kappa shape index (κ3) is 2.86. The van der Waals surface area contributed by atoms with Gasteiger partial charge in [-0.25, -0.2) is 4.79 Å². The van der Waals surface area contributed by atoms with E-state index >= 15 is 0 Å². The van der Waals surface area contributed by atoms with Crippen LogP contribution in [0, 0.1) is 0 Å². The Balaban J connectivity index is 2.32. The van der Waals surface area contributed by atoms with Crippen LogP contribution in [0.15, 0.2) is 44.1 Å². The SMILES string of the molecule is COc1ccc(N=Nc2c(N)[nH]c(=O)[nH]c2=O)cc1. The summed E-state index contributed by atoms with van der Waals surface area (Å²) in [5, 5.41) is 7.57. The van der Waals surface area contributed by atoms with Gasteiger partial charge in [-0.05, 0) is 24.3 Å². The van der Waals surface area contributed by atoms with E-state index in [1.807, 2.05) is 4.98 Å². The number of benzene rings is 1. The van der Waals surface area contributed by atoms with Gasteiger partial charge in [-0.1, -0.05) is 0 Å². The second kappa shape index (κ2) is 5.17. The lowest BCUT2D eigenvalue weighted by molar-refractivity contribution is 0.415. The van der Waals surface area contributed by atoms with Crippen molar-refractivity contribution in [2.45, 2.75) is 0 Å². The Bertz CT molecular complexity index is 714. The van der Waals surface area contributed by atoms with Crippen LogP contribution >= 0.6 is 0 Å². The van der Waals surface area contributed by atoms with Crippen LogP contribution in [-0.2, 0) is 0 Å². The van der Waals surface area contributed by atoms with Crippen LogP contribution in [0.25, 0.3) is 0 Å². The van der Waals surface area contributed by atoms with Gasteiger partial charge in [-0.2, -0.15) is 5.11 Å². The molecular weight excluding hydrogens is 250 g/mol. The number of rotatable bonds is 3. The predicted octanol–water partition coefficient (Wildman–Crippen LogP) is 1.07. The highest BCUT2D eigenvalue weighted by molar-refractivity contribution is 5.54. The van der Waals surface area contributed by atoms with Crippen LogP contribution in [-0.4, -0.2) is 17.1 Å². The molecule has 0 spiro atoms. The molecule has 0 saturated heterocycles. The lowest BCUT2D eigenvalue weighted by Crippen LogP contribution is -2.23. The van der Waals surface area contributed by atoms with Crippen LogP contribution in [0.5, 0.6) is 5.75 Å². The monoisotopic (exact) mass is 261 g/mol. The molecule has 8 heteroatoms. The maximum atomic E-state index is 11.5. The number of nitrogen functional groups attached to an aromatic ring is 1. The fourth-order valence-electron chi connectivity index (χ4n) is 1.35. The first-order valence-electron chi connectivity index (χ1n) is 5.28. The van der Waals surface area contributed by atoms with Gasteiger partial charge < -0.3 is 10.5 Å². The van der Waals surface area contributed by atoms with Gasteiger partial charge in [-0.15, -0.1) is 5.11 Å². The minimum Gasteiger partial charge on any atom is -0.497 e. The third-order valence-electron chi connectivity index (χ3n) is 2.28. The van der Waals surface area contributed by atoms with Gasteiger partial charge in [0.2, 0.25) is 0 Å².